The third-order valence-corrected chi connectivity index (χ3v) is 5.48. The van der Waals surface area contributed by atoms with Gasteiger partial charge in [-0.05, 0) is 25.0 Å². The highest BCUT2D eigenvalue weighted by Crippen LogP contribution is 2.39. The van der Waals surface area contributed by atoms with Crippen molar-refractivity contribution in [2.24, 2.45) is 10.4 Å². The van der Waals surface area contributed by atoms with Crippen molar-refractivity contribution in [2.45, 2.75) is 32.2 Å². The molecule has 1 saturated carbocycles. The van der Waals surface area contributed by atoms with Crippen molar-refractivity contribution in [3.05, 3.63) is 23.8 Å². The van der Waals surface area contributed by atoms with E-state index in [1.807, 2.05) is 44.2 Å². The van der Waals surface area contributed by atoms with Crippen molar-refractivity contribution >= 4 is 35.8 Å². The molecule has 1 aliphatic rings. The zero-order valence-corrected chi connectivity index (χ0v) is 20.8. The normalized spacial score (nSPS) is 15.3. The number of amides is 1. The zero-order chi connectivity index (χ0) is 20.7. The van der Waals surface area contributed by atoms with E-state index in [-0.39, 0.29) is 35.3 Å². The van der Waals surface area contributed by atoms with E-state index in [4.69, 9.17) is 9.47 Å². The van der Waals surface area contributed by atoms with Crippen LogP contribution in [-0.4, -0.2) is 70.6 Å². The van der Waals surface area contributed by atoms with Crippen molar-refractivity contribution in [3.8, 4) is 11.5 Å². The molecule has 0 aromatic heterocycles. The molecule has 1 fully saturated rings. The topological polar surface area (TPSA) is 66.4 Å². The first-order valence-corrected chi connectivity index (χ1v) is 9.71. The number of benzene rings is 1. The van der Waals surface area contributed by atoms with Gasteiger partial charge in [-0.1, -0.05) is 12.8 Å². The number of carbonyl (C=O) groups excluding carboxylic acids is 1. The molecule has 1 aliphatic carbocycles. The molecule has 29 heavy (non-hydrogen) atoms. The van der Waals surface area contributed by atoms with Gasteiger partial charge in [-0.2, -0.15) is 0 Å². The Hall–Kier alpha value is -1.71. The lowest BCUT2D eigenvalue weighted by molar-refractivity contribution is -0.138. The summed E-state index contributed by atoms with van der Waals surface area (Å²) in [5.41, 5.74) is 0.701. The van der Waals surface area contributed by atoms with Gasteiger partial charge in [0.05, 0.1) is 19.6 Å². The summed E-state index contributed by atoms with van der Waals surface area (Å²) in [6.45, 7) is 1.22. The summed E-state index contributed by atoms with van der Waals surface area (Å²) in [7, 11) is 10.7. The van der Waals surface area contributed by atoms with E-state index in [9.17, 15) is 4.79 Å². The fraction of sp³-hybridized carbons (Fsp3) is 0.619. The highest BCUT2D eigenvalue weighted by Gasteiger charge is 2.42. The molecule has 0 heterocycles. The smallest absolute Gasteiger partial charge is 0.230 e. The summed E-state index contributed by atoms with van der Waals surface area (Å²) < 4.78 is 10.8. The second kappa shape index (κ2) is 11.5. The maximum atomic E-state index is 12.8. The number of nitrogens with zero attached hydrogens (tertiary/aromatic N) is 3. The molecule has 1 aromatic carbocycles. The van der Waals surface area contributed by atoms with Crippen molar-refractivity contribution in [1.82, 2.24) is 15.1 Å². The molecule has 0 spiro atoms. The molecule has 1 N–H and O–H groups in total. The third-order valence-electron chi connectivity index (χ3n) is 5.48. The largest absolute Gasteiger partial charge is 0.497 e. The van der Waals surface area contributed by atoms with Crippen LogP contribution in [0.3, 0.4) is 0 Å². The Morgan fingerprint density at radius 1 is 1.17 bits per heavy atom. The summed E-state index contributed by atoms with van der Waals surface area (Å²) in [5.74, 6) is 2.50. The van der Waals surface area contributed by atoms with Crippen LogP contribution in [0.5, 0.6) is 11.5 Å². The lowest BCUT2D eigenvalue weighted by Gasteiger charge is -2.32. The molecular formula is C21H35IN4O3. The first kappa shape index (κ1) is 25.3. The third kappa shape index (κ3) is 6.13. The van der Waals surface area contributed by atoms with E-state index in [0.717, 1.165) is 48.7 Å². The van der Waals surface area contributed by atoms with E-state index in [0.29, 0.717) is 13.1 Å². The maximum absolute atomic E-state index is 12.8. The number of halogens is 1. The summed E-state index contributed by atoms with van der Waals surface area (Å²) in [6.07, 6.45) is 4.03. The maximum Gasteiger partial charge on any atom is 0.230 e. The lowest BCUT2D eigenvalue weighted by atomic mass is 9.84. The Bertz CT molecular complexity index is 703. The fourth-order valence-electron chi connectivity index (χ4n) is 3.94. The van der Waals surface area contributed by atoms with E-state index in [1.165, 1.54) is 0 Å². The minimum Gasteiger partial charge on any atom is -0.497 e. The summed E-state index contributed by atoms with van der Waals surface area (Å²) in [6, 6.07) is 5.79. The number of ether oxygens (including phenoxy) is 2. The minimum atomic E-state index is -0.335. The number of carbonyl (C=O) groups is 1. The van der Waals surface area contributed by atoms with Crippen LogP contribution in [-0.2, 0) is 11.3 Å². The first-order valence-electron chi connectivity index (χ1n) is 9.71. The average molecular weight is 518 g/mol. The molecule has 0 unspecified atom stereocenters. The number of methoxy groups -OCH3 is 2. The predicted molar refractivity (Wildman–Crippen MR) is 127 cm³/mol. The Balaban J connectivity index is 0.00000420. The van der Waals surface area contributed by atoms with Gasteiger partial charge in [0.15, 0.2) is 5.96 Å². The van der Waals surface area contributed by atoms with Crippen LogP contribution in [0.15, 0.2) is 23.2 Å². The van der Waals surface area contributed by atoms with Gasteiger partial charge in [0.1, 0.15) is 11.5 Å². The molecule has 0 aliphatic heterocycles. The van der Waals surface area contributed by atoms with Crippen LogP contribution < -0.4 is 14.8 Å². The number of guanidine groups is 1. The van der Waals surface area contributed by atoms with E-state index < -0.39 is 0 Å². The van der Waals surface area contributed by atoms with Crippen LogP contribution in [0.2, 0.25) is 0 Å². The Labute approximate surface area is 191 Å². The second-order valence-corrected chi connectivity index (χ2v) is 7.62. The molecule has 0 bridgehead atoms. The number of nitrogens with one attached hydrogen (secondary N) is 1. The molecule has 1 amide bonds. The Kier molecular flexibility index (Phi) is 10.0. The minimum absolute atomic E-state index is 0. The van der Waals surface area contributed by atoms with Gasteiger partial charge in [-0.3, -0.25) is 9.79 Å². The van der Waals surface area contributed by atoms with Crippen LogP contribution in [0.25, 0.3) is 0 Å². The van der Waals surface area contributed by atoms with Gasteiger partial charge in [-0.15, -0.1) is 24.0 Å². The summed E-state index contributed by atoms with van der Waals surface area (Å²) >= 11 is 0. The fourth-order valence-corrected chi connectivity index (χ4v) is 3.94. The van der Waals surface area contributed by atoms with Gasteiger partial charge < -0.3 is 24.6 Å². The highest BCUT2D eigenvalue weighted by molar-refractivity contribution is 14.0. The first-order chi connectivity index (χ1) is 13.4. The number of hydrogen-bond donors (Lipinski definition) is 1. The molecule has 7 nitrogen and oxygen atoms in total. The monoisotopic (exact) mass is 518 g/mol. The van der Waals surface area contributed by atoms with Crippen LogP contribution in [0.4, 0.5) is 0 Å². The molecule has 0 saturated heterocycles. The SMILES string of the molecule is CN=C(NCC1(C(=O)N(C)C)CCCC1)N(C)Cc1ccc(OC)cc1OC.I. The Morgan fingerprint density at radius 2 is 1.83 bits per heavy atom. The zero-order valence-electron chi connectivity index (χ0n) is 18.4. The lowest BCUT2D eigenvalue weighted by Crippen LogP contribution is -2.49. The van der Waals surface area contributed by atoms with Gasteiger partial charge in [0.2, 0.25) is 5.91 Å². The molecular weight excluding hydrogens is 483 g/mol. The molecule has 1 aromatic rings. The molecule has 0 atom stereocenters. The van der Waals surface area contributed by atoms with Gasteiger partial charge >= 0.3 is 0 Å². The van der Waals surface area contributed by atoms with E-state index >= 15 is 0 Å². The quantitative estimate of drug-likeness (QED) is 0.342. The molecule has 0 radical (unpaired) electrons. The Morgan fingerprint density at radius 3 is 2.34 bits per heavy atom. The van der Waals surface area contributed by atoms with Gasteiger partial charge in [0.25, 0.3) is 0 Å². The molecule has 164 valence electrons. The van der Waals surface area contributed by atoms with Crippen molar-refractivity contribution in [3.63, 3.8) is 0 Å². The van der Waals surface area contributed by atoms with Crippen LogP contribution >= 0.6 is 24.0 Å². The molecule has 8 heteroatoms. The highest BCUT2D eigenvalue weighted by atomic mass is 127. The standard InChI is InChI=1S/C21H34N4O3.HI/c1-22-20(23-15-21(11-7-8-12-21)19(26)24(2)3)25(4)14-16-9-10-17(27-5)13-18(16)28-6;/h9-10,13H,7-8,11-12,14-15H2,1-6H3,(H,22,23);1H. The number of hydrogen-bond acceptors (Lipinski definition) is 4. The van der Waals surface area contributed by atoms with Crippen molar-refractivity contribution in [1.29, 1.82) is 0 Å². The predicted octanol–water partition coefficient (Wildman–Crippen LogP) is 2.98. The van der Waals surface area contributed by atoms with Gasteiger partial charge in [0, 0.05) is 52.9 Å². The van der Waals surface area contributed by atoms with E-state index in [2.05, 4.69) is 10.3 Å². The van der Waals surface area contributed by atoms with E-state index in [1.54, 1.807) is 26.2 Å². The van der Waals surface area contributed by atoms with Gasteiger partial charge in [-0.25, -0.2) is 0 Å². The second-order valence-electron chi connectivity index (χ2n) is 7.62. The van der Waals surface area contributed by atoms with Crippen LogP contribution in [0.1, 0.15) is 31.2 Å². The molecule has 2 rings (SSSR count). The average Bonchev–Trinajstić information content (AvgIpc) is 3.18. The van der Waals surface area contributed by atoms with Crippen LogP contribution in [0, 0.1) is 5.41 Å². The number of rotatable bonds is 7. The van der Waals surface area contributed by atoms with Crippen molar-refractivity contribution < 1.29 is 14.3 Å². The summed E-state index contributed by atoms with van der Waals surface area (Å²) in [4.78, 5) is 20.9. The number of aliphatic imine (C=N–C) groups is 1. The van der Waals surface area contributed by atoms with Crippen molar-refractivity contribution in [2.75, 3.05) is 49.0 Å². The summed E-state index contributed by atoms with van der Waals surface area (Å²) in [5, 5.41) is 3.43.